The molecule has 0 amide bonds. The van der Waals surface area contributed by atoms with Crippen molar-refractivity contribution < 1.29 is 14.6 Å². The van der Waals surface area contributed by atoms with Gasteiger partial charge in [0, 0.05) is 42.0 Å². The molecule has 4 N–H and O–H groups in total. The lowest BCUT2D eigenvalue weighted by Gasteiger charge is -2.25. The molecule has 1 heterocycles. The second-order valence-electron chi connectivity index (χ2n) is 4.87. The summed E-state index contributed by atoms with van der Waals surface area (Å²) in [4.78, 5) is 1.94. The fraction of sp³-hybridized carbons (Fsp3) is 0.375. The zero-order chi connectivity index (χ0) is 15.2. The minimum atomic E-state index is 0.0232. The summed E-state index contributed by atoms with van der Waals surface area (Å²) in [6.45, 7) is 2.99. The number of aliphatic hydroxyl groups is 2. The van der Waals surface area contributed by atoms with Gasteiger partial charge in [-0.1, -0.05) is 6.92 Å². The number of hydrogen-bond acceptors (Lipinski definition) is 5. The van der Waals surface area contributed by atoms with Crippen LogP contribution in [0, 0.1) is 0 Å². The van der Waals surface area contributed by atoms with Crippen molar-refractivity contribution in [2.24, 2.45) is 0 Å². The van der Waals surface area contributed by atoms with E-state index in [-0.39, 0.29) is 13.2 Å². The molecule has 0 fully saturated rings. The van der Waals surface area contributed by atoms with Crippen molar-refractivity contribution in [3.05, 3.63) is 36.3 Å². The fourth-order valence-corrected chi connectivity index (χ4v) is 2.36. The monoisotopic (exact) mass is 290 g/mol. The van der Waals surface area contributed by atoms with Gasteiger partial charge in [0.2, 0.25) is 0 Å². The molecule has 0 atom stereocenters. The third kappa shape index (κ3) is 3.56. The number of rotatable bonds is 7. The fourth-order valence-electron chi connectivity index (χ4n) is 2.36. The average molecular weight is 290 g/mol. The lowest BCUT2D eigenvalue weighted by molar-refractivity contribution is 0.281. The molecule has 21 heavy (non-hydrogen) atoms. The number of benzene rings is 1. The van der Waals surface area contributed by atoms with Gasteiger partial charge in [-0.05, 0) is 24.3 Å². The molecule has 114 valence electrons. The SMILES string of the molecule is CCc1cc(-c2cc(N)ccc2N(CCO)CCO)co1. The van der Waals surface area contributed by atoms with Gasteiger partial charge in [0.1, 0.15) is 5.76 Å². The molecule has 5 heteroatoms. The molecule has 0 radical (unpaired) electrons. The highest BCUT2D eigenvalue weighted by Crippen LogP contribution is 2.34. The van der Waals surface area contributed by atoms with Crippen molar-refractivity contribution in [1.82, 2.24) is 0 Å². The van der Waals surface area contributed by atoms with Crippen molar-refractivity contribution in [1.29, 1.82) is 0 Å². The Morgan fingerprint density at radius 1 is 1.14 bits per heavy atom. The zero-order valence-electron chi connectivity index (χ0n) is 12.2. The quantitative estimate of drug-likeness (QED) is 0.678. The van der Waals surface area contributed by atoms with Crippen LogP contribution in [0.1, 0.15) is 12.7 Å². The van der Waals surface area contributed by atoms with E-state index in [0.717, 1.165) is 29.0 Å². The lowest BCUT2D eigenvalue weighted by atomic mass is 10.0. The smallest absolute Gasteiger partial charge is 0.104 e. The Kier molecular flexibility index (Phi) is 5.25. The van der Waals surface area contributed by atoms with Crippen molar-refractivity contribution in [2.45, 2.75) is 13.3 Å². The molecular formula is C16H22N2O3. The maximum atomic E-state index is 9.22. The predicted molar refractivity (Wildman–Crippen MR) is 84.3 cm³/mol. The first-order valence-electron chi connectivity index (χ1n) is 7.13. The molecule has 0 saturated heterocycles. The van der Waals surface area contributed by atoms with Crippen LogP contribution in [-0.2, 0) is 6.42 Å². The minimum Gasteiger partial charge on any atom is -0.469 e. The molecule has 1 aromatic heterocycles. The average Bonchev–Trinajstić information content (AvgIpc) is 2.96. The van der Waals surface area contributed by atoms with Crippen molar-refractivity contribution in [3.63, 3.8) is 0 Å². The first-order chi connectivity index (χ1) is 10.2. The number of aliphatic hydroxyl groups excluding tert-OH is 2. The van der Waals surface area contributed by atoms with E-state index in [9.17, 15) is 10.2 Å². The van der Waals surface area contributed by atoms with Gasteiger partial charge in [0.05, 0.1) is 19.5 Å². The second kappa shape index (κ2) is 7.15. The van der Waals surface area contributed by atoms with Crippen LogP contribution in [-0.4, -0.2) is 36.5 Å². The van der Waals surface area contributed by atoms with Crippen LogP contribution in [0.15, 0.2) is 34.9 Å². The lowest BCUT2D eigenvalue weighted by Crippen LogP contribution is -2.30. The number of nitrogens with two attached hydrogens (primary N) is 1. The van der Waals surface area contributed by atoms with Gasteiger partial charge < -0.3 is 25.3 Å². The Hall–Kier alpha value is -1.98. The summed E-state index contributed by atoms with van der Waals surface area (Å²) < 4.78 is 5.50. The summed E-state index contributed by atoms with van der Waals surface area (Å²) in [5.74, 6) is 0.911. The van der Waals surface area contributed by atoms with E-state index < -0.39 is 0 Å². The summed E-state index contributed by atoms with van der Waals surface area (Å²) in [6.07, 6.45) is 2.54. The van der Waals surface area contributed by atoms with E-state index in [4.69, 9.17) is 10.2 Å². The topological polar surface area (TPSA) is 82.9 Å². The Morgan fingerprint density at radius 2 is 1.86 bits per heavy atom. The number of anilines is 2. The molecule has 2 rings (SSSR count). The van der Waals surface area contributed by atoms with Gasteiger partial charge in [-0.15, -0.1) is 0 Å². The van der Waals surface area contributed by atoms with Crippen molar-refractivity contribution in [2.75, 3.05) is 36.9 Å². The largest absolute Gasteiger partial charge is 0.469 e. The number of hydrogen-bond donors (Lipinski definition) is 3. The molecule has 0 spiro atoms. The van der Waals surface area contributed by atoms with E-state index in [2.05, 4.69) is 0 Å². The number of aryl methyl sites for hydroxylation is 1. The van der Waals surface area contributed by atoms with E-state index in [1.54, 1.807) is 6.26 Å². The van der Waals surface area contributed by atoms with Crippen molar-refractivity contribution in [3.8, 4) is 11.1 Å². The molecule has 0 saturated carbocycles. The van der Waals surface area contributed by atoms with E-state index >= 15 is 0 Å². The highest BCUT2D eigenvalue weighted by molar-refractivity contribution is 5.81. The Morgan fingerprint density at radius 3 is 2.43 bits per heavy atom. The van der Waals surface area contributed by atoms with Crippen LogP contribution in [0.2, 0.25) is 0 Å². The molecule has 5 nitrogen and oxygen atoms in total. The Balaban J connectivity index is 2.45. The predicted octanol–water partition coefficient (Wildman–Crippen LogP) is 1.88. The molecule has 1 aromatic carbocycles. The molecule has 0 bridgehead atoms. The molecule has 0 aliphatic carbocycles. The first-order valence-corrected chi connectivity index (χ1v) is 7.13. The number of nitrogen functional groups attached to an aromatic ring is 1. The van der Waals surface area contributed by atoms with Crippen molar-refractivity contribution >= 4 is 11.4 Å². The van der Waals surface area contributed by atoms with Gasteiger partial charge in [-0.3, -0.25) is 0 Å². The molecule has 0 aliphatic rings. The second-order valence-corrected chi connectivity index (χ2v) is 4.87. The van der Waals surface area contributed by atoms with Crippen LogP contribution >= 0.6 is 0 Å². The molecular weight excluding hydrogens is 268 g/mol. The summed E-state index contributed by atoms with van der Waals surface area (Å²) in [5.41, 5.74) is 9.40. The highest BCUT2D eigenvalue weighted by Gasteiger charge is 2.14. The van der Waals surface area contributed by atoms with Crippen LogP contribution < -0.4 is 10.6 Å². The molecule has 0 aliphatic heterocycles. The Labute approximate surface area is 124 Å². The summed E-state index contributed by atoms with van der Waals surface area (Å²) >= 11 is 0. The number of nitrogens with zero attached hydrogens (tertiary/aromatic N) is 1. The van der Waals surface area contributed by atoms with E-state index in [0.29, 0.717) is 18.8 Å². The zero-order valence-corrected chi connectivity index (χ0v) is 12.2. The molecule has 2 aromatic rings. The van der Waals surface area contributed by atoms with E-state index in [1.165, 1.54) is 0 Å². The van der Waals surface area contributed by atoms with E-state index in [1.807, 2.05) is 36.1 Å². The van der Waals surface area contributed by atoms with Crippen LogP contribution in [0.3, 0.4) is 0 Å². The summed E-state index contributed by atoms with van der Waals surface area (Å²) in [7, 11) is 0. The molecule has 0 unspecified atom stereocenters. The third-order valence-corrected chi connectivity index (χ3v) is 3.41. The number of furan rings is 1. The van der Waals surface area contributed by atoms with Crippen LogP contribution in [0.4, 0.5) is 11.4 Å². The van der Waals surface area contributed by atoms with Gasteiger partial charge in [0.15, 0.2) is 0 Å². The maximum Gasteiger partial charge on any atom is 0.104 e. The minimum absolute atomic E-state index is 0.0232. The summed E-state index contributed by atoms with van der Waals surface area (Å²) in [5, 5.41) is 18.4. The Bertz CT molecular complexity index is 575. The van der Waals surface area contributed by atoms with Gasteiger partial charge in [-0.2, -0.15) is 0 Å². The van der Waals surface area contributed by atoms with Gasteiger partial charge in [-0.25, -0.2) is 0 Å². The maximum absolute atomic E-state index is 9.22. The third-order valence-electron chi connectivity index (χ3n) is 3.41. The van der Waals surface area contributed by atoms with Gasteiger partial charge >= 0.3 is 0 Å². The highest BCUT2D eigenvalue weighted by atomic mass is 16.3. The van der Waals surface area contributed by atoms with Crippen LogP contribution in [0.5, 0.6) is 0 Å². The first kappa shape index (κ1) is 15.4. The standard InChI is InChI=1S/C16H22N2O3/c1-2-14-9-12(11-21-14)15-10-13(17)3-4-16(15)18(5-7-19)6-8-20/h3-4,9-11,19-20H,2,5-8,17H2,1H3. The summed E-state index contributed by atoms with van der Waals surface area (Å²) in [6, 6.07) is 7.62. The normalized spacial score (nSPS) is 10.8. The van der Waals surface area contributed by atoms with Crippen LogP contribution in [0.25, 0.3) is 11.1 Å². The van der Waals surface area contributed by atoms with Gasteiger partial charge in [0.25, 0.3) is 0 Å².